The van der Waals surface area contributed by atoms with E-state index >= 15 is 0 Å². The average Bonchev–Trinajstić information content (AvgIpc) is 2.75. The Labute approximate surface area is 189 Å². The highest BCUT2D eigenvalue weighted by molar-refractivity contribution is 5.60. The van der Waals surface area contributed by atoms with Crippen molar-refractivity contribution < 1.29 is 0 Å². The van der Waals surface area contributed by atoms with Gasteiger partial charge < -0.3 is 15.1 Å². The number of hydrogen-bond donors (Lipinski definition) is 1. The fourth-order valence-corrected chi connectivity index (χ4v) is 4.22. The lowest BCUT2D eigenvalue weighted by molar-refractivity contribution is 0.181. The van der Waals surface area contributed by atoms with Gasteiger partial charge in [-0.3, -0.25) is 0 Å². The van der Waals surface area contributed by atoms with Crippen LogP contribution in [0.3, 0.4) is 0 Å². The molecule has 1 saturated heterocycles. The maximum atomic E-state index is 4.37. The van der Waals surface area contributed by atoms with Gasteiger partial charge in [0.25, 0.3) is 0 Å². The van der Waals surface area contributed by atoms with Crippen molar-refractivity contribution in [3.63, 3.8) is 0 Å². The van der Waals surface area contributed by atoms with E-state index in [9.17, 15) is 0 Å². The Morgan fingerprint density at radius 3 is 2.45 bits per heavy atom. The van der Waals surface area contributed by atoms with Crippen LogP contribution in [0.15, 0.2) is 66.7 Å². The van der Waals surface area contributed by atoms with E-state index in [2.05, 4.69) is 87.2 Å². The molecule has 0 atom stereocenters. The number of nitrogens with one attached hydrogen (secondary N) is 1. The Hall–Kier alpha value is -2.52. The first-order valence-corrected chi connectivity index (χ1v) is 11.5. The zero-order chi connectivity index (χ0) is 23.0. The van der Waals surface area contributed by atoms with Crippen molar-refractivity contribution in [3.8, 4) is 0 Å². The van der Waals surface area contributed by atoms with Gasteiger partial charge in [0.2, 0.25) is 0 Å². The summed E-state index contributed by atoms with van der Waals surface area (Å²) in [5.41, 5.74) is 4.46. The minimum Gasteiger partial charge on any atom is -0.359 e. The molecule has 0 saturated carbocycles. The highest BCUT2D eigenvalue weighted by Crippen LogP contribution is 2.25. The maximum Gasteiger partial charge on any atom is 0.0430 e. The molecule has 3 nitrogen and oxygen atoms in total. The highest BCUT2D eigenvalue weighted by Gasteiger charge is 2.21. The molecule has 1 aliphatic rings. The molecule has 0 aromatic heterocycles. The van der Waals surface area contributed by atoms with Gasteiger partial charge in [-0.05, 0) is 86.1 Å². The van der Waals surface area contributed by atoms with Gasteiger partial charge in [-0.2, -0.15) is 0 Å². The lowest BCUT2D eigenvalue weighted by Crippen LogP contribution is -2.37. The molecule has 0 aliphatic carbocycles. The van der Waals surface area contributed by atoms with Gasteiger partial charge in [0, 0.05) is 36.6 Å². The lowest BCUT2D eigenvalue weighted by atomic mass is 9.93. The lowest BCUT2D eigenvalue weighted by Gasteiger charge is -2.34. The molecular weight excluding hydrogens is 378 g/mol. The maximum absolute atomic E-state index is 4.37. The number of rotatable bonds is 9. The number of nitrogens with zero attached hydrogens (tertiary/aromatic N) is 2. The molecule has 1 aliphatic heterocycles. The standard InChI is InChI=1S/C28H41N3/c1-9-24(28(10-2)30(8)11-3)18-26-19-27(13-12-22(26)6)29-23(7)25-14-16-31(17-15-25)20-21(4)5/h9-13,18-19,21,25,29H,3,6-7,14-17,20H2,1-2,4-5,8H3/b24-9?,26-18-,28-10-. The topological polar surface area (TPSA) is 18.5 Å². The smallest absolute Gasteiger partial charge is 0.0430 e. The van der Waals surface area contributed by atoms with E-state index in [4.69, 9.17) is 0 Å². The predicted octanol–water partition coefficient (Wildman–Crippen LogP) is 5.10. The molecule has 1 aromatic rings. The van der Waals surface area contributed by atoms with Crippen LogP contribution in [0.4, 0.5) is 5.69 Å². The van der Waals surface area contributed by atoms with Crippen LogP contribution in [-0.2, 0) is 0 Å². The van der Waals surface area contributed by atoms with E-state index in [-0.39, 0.29) is 0 Å². The van der Waals surface area contributed by atoms with Crippen molar-refractivity contribution >= 4 is 18.3 Å². The molecule has 31 heavy (non-hydrogen) atoms. The van der Waals surface area contributed by atoms with E-state index in [1.54, 1.807) is 0 Å². The zero-order valence-electron chi connectivity index (χ0n) is 20.2. The average molecular weight is 420 g/mol. The van der Waals surface area contributed by atoms with Crippen LogP contribution in [0.25, 0.3) is 12.7 Å². The third-order valence-electron chi connectivity index (χ3n) is 6.00. The molecule has 0 amide bonds. The van der Waals surface area contributed by atoms with Crippen molar-refractivity contribution in [3.05, 3.63) is 77.1 Å². The van der Waals surface area contributed by atoms with Gasteiger partial charge in [0.1, 0.15) is 0 Å². The Morgan fingerprint density at radius 1 is 1.23 bits per heavy atom. The van der Waals surface area contributed by atoms with E-state index in [1.807, 2.05) is 25.1 Å². The number of piperidine rings is 1. The summed E-state index contributed by atoms with van der Waals surface area (Å²) >= 11 is 0. The minimum atomic E-state index is 0.525. The van der Waals surface area contributed by atoms with Gasteiger partial charge >= 0.3 is 0 Å². The summed E-state index contributed by atoms with van der Waals surface area (Å²) < 4.78 is 0. The zero-order valence-corrected chi connectivity index (χ0v) is 20.2. The second kappa shape index (κ2) is 11.8. The third kappa shape index (κ3) is 7.00. The van der Waals surface area contributed by atoms with E-state index in [0.29, 0.717) is 5.92 Å². The summed E-state index contributed by atoms with van der Waals surface area (Å²) in [4.78, 5) is 4.61. The summed E-state index contributed by atoms with van der Waals surface area (Å²) in [6, 6.07) is 6.35. The van der Waals surface area contributed by atoms with E-state index in [1.165, 1.54) is 19.4 Å². The van der Waals surface area contributed by atoms with E-state index in [0.717, 1.165) is 52.1 Å². The summed E-state index contributed by atoms with van der Waals surface area (Å²) in [7, 11) is 2.01. The van der Waals surface area contributed by atoms with Crippen LogP contribution in [0.1, 0.15) is 40.5 Å². The Bertz CT molecular complexity index is 927. The number of hydrogen-bond acceptors (Lipinski definition) is 3. The summed E-state index contributed by atoms with van der Waals surface area (Å²) in [6.45, 7) is 24.7. The van der Waals surface area contributed by atoms with Gasteiger partial charge in [0.05, 0.1) is 0 Å². The van der Waals surface area contributed by atoms with E-state index < -0.39 is 0 Å². The van der Waals surface area contributed by atoms with Crippen molar-refractivity contribution in [2.75, 3.05) is 32.0 Å². The molecule has 1 fully saturated rings. The van der Waals surface area contributed by atoms with Crippen molar-refractivity contribution in [1.29, 1.82) is 0 Å². The number of allylic oxidation sites excluding steroid dienone is 4. The quantitative estimate of drug-likeness (QED) is 0.562. The first kappa shape index (κ1) is 24.7. The van der Waals surface area contributed by atoms with Gasteiger partial charge in [-0.1, -0.05) is 51.8 Å². The summed E-state index contributed by atoms with van der Waals surface area (Å²) in [5, 5.41) is 5.70. The normalized spacial score (nSPS) is 17.2. The molecule has 3 heteroatoms. The van der Waals surface area contributed by atoms with Crippen LogP contribution in [0, 0.1) is 11.8 Å². The number of likely N-dealkylation sites (N-methyl/N-ethyl adjacent to an activating group) is 1. The fourth-order valence-electron chi connectivity index (χ4n) is 4.22. The molecule has 0 spiro atoms. The molecular formula is C28H41N3. The molecule has 168 valence electrons. The predicted molar refractivity (Wildman–Crippen MR) is 138 cm³/mol. The molecule has 0 unspecified atom stereocenters. The summed E-state index contributed by atoms with van der Waals surface area (Å²) in [6.07, 6.45) is 10.6. The van der Waals surface area contributed by atoms with Crippen LogP contribution in [0.2, 0.25) is 0 Å². The van der Waals surface area contributed by atoms with Crippen LogP contribution in [0.5, 0.6) is 0 Å². The second-order valence-electron chi connectivity index (χ2n) is 8.89. The molecule has 2 rings (SSSR count). The Morgan fingerprint density at radius 2 is 1.90 bits per heavy atom. The van der Waals surface area contributed by atoms with Gasteiger partial charge in [-0.15, -0.1) is 0 Å². The third-order valence-corrected chi connectivity index (χ3v) is 6.00. The monoisotopic (exact) mass is 419 g/mol. The van der Waals surface area contributed by atoms with Gasteiger partial charge in [0.15, 0.2) is 0 Å². The van der Waals surface area contributed by atoms with Crippen LogP contribution < -0.4 is 15.8 Å². The molecule has 0 radical (unpaired) electrons. The summed E-state index contributed by atoms with van der Waals surface area (Å²) in [5.74, 6) is 1.25. The number of benzene rings is 1. The largest absolute Gasteiger partial charge is 0.359 e. The first-order valence-electron chi connectivity index (χ1n) is 11.5. The second-order valence-corrected chi connectivity index (χ2v) is 8.89. The first-order chi connectivity index (χ1) is 14.8. The van der Waals surface area contributed by atoms with Crippen LogP contribution in [-0.4, -0.2) is 36.5 Å². The van der Waals surface area contributed by atoms with Crippen LogP contribution >= 0.6 is 0 Å². The van der Waals surface area contributed by atoms with Crippen molar-refractivity contribution in [2.45, 2.75) is 40.5 Å². The molecule has 1 aromatic carbocycles. The van der Waals surface area contributed by atoms with Crippen molar-refractivity contribution in [2.24, 2.45) is 11.8 Å². The molecule has 1 heterocycles. The van der Waals surface area contributed by atoms with Crippen molar-refractivity contribution in [1.82, 2.24) is 9.80 Å². The minimum absolute atomic E-state index is 0.525. The fraction of sp³-hybridized carbons (Fsp3) is 0.429. The Balaban J connectivity index is 2.16. The molecule has 0 bridgehead atoms. The highest BCUT2D eigenvalue weighted by atomic mass is 15.1. The number of likely N-dealkylation sites (tertiary alicyclic amines) is 1. The molecule has 1 N–H and O–H groups in total. The number of anilines is 1. The SMILES string of the molecule is C=CN(C)/C(=C\C)C(=CC)/C=c1/cc(NC(=C)C2CCN(CC(C)C)CC2)ccc1=C. The Kier molecular flexibility index (Phi) is 9.39. The van der Waals surface area contributed by atoms with Gasteiger partial charge in [-0.25, -0.2) is 0 Å².